The second kappa shape index (κ2) is 6.07. The standard InChI is InChI=1S/C11H16N2O3/c1-2-3-6-12-10-5-4-9(8-14)7-11(10)13(15)16/h4-5,7,12,14H,2-3,6,8H2,1H3. The van der Waals surface area contributed by atoms with E-state index >= 15 is 0 Å². The van der Waals surface area contributed by atoms with Crippen molar-refractivity contribution in [2.45, 2.75) is 26.4 Å². The minimum atomic E-state index is -0.437. The molecule has 0 unspecified atom stereocenters. The van der Waals surface area contributed by atoms with Crippen LogP contribution in [0.15, 0.2) is 18.2 Å². The van der Waals surface area contributed by atoms with E-state index in [0.717, 1.165) is 19.4 Å². The summed E-state index contributed by atoms with van der Waals surface area (Å²) in [5, 5.41) is 22.7. The molecule has 0 aliphatic carbocycles. The molecule has 0 radical (unpaired) electrons. The third kappa shape index (κ3) is 3.20. The summed E-state index contributed by atoms with van der Waals surface area (Å²) in [5.74, 6) is 0. The number of nitro benzene ring substituents is 1. The third-order valence-corrected chi connectivity index (χ3v) is 2.29. The van der Waals surface area contributed by atoms with Crippen molar-refractivity contribution < 1.29 is 10.0 Å². The summed E-state index contributed by atoms with van der Waals surface area (Å²) in [7, 11) is 0. The second-order valence-electron chi connectivity index (χ2n) is 3.55. The van der Waals surface area contributed by atoms with Gasteiger partial charge in [-0.15, -0.1) is 0 Å². The number of unbranched alkanes of at least 4 members (excludes halogenated alkanes) is 1. The van der Waals surface area contributed by atoms with E-state index in [-0.39, 0.29) is 12.3 Å². The minimum absolute atomic E-state index is 0.0163. The zero-order valence-corrected chi connectivity index (χ0v) is 9.27. The number of benzene rings is 1. The van der Waals surface area contributed by atoms with Crippen molar-refractivity contribution in [3.8, 4) is 0 Å². The van der Waals surface area contributed by atoms with Gasteiger partial charge in [-0.25, -0.2) is 0 Å². The smallest absolute Gasteiger partial charge is 0.292 e. The van der Waals surface area contributed by atoms with Crippen LogP contribution in [0.2, 0.25) is 0 Å². The van der Waals surface area contributed by atoms with Crippen molar-refractivity contribution in [2.75, 3.05) is 11.9 Å². The zero-order chi connectivity index (χ0) is 12.0. The fourth-order valence-electron chi connectivity index (χ4n) is 1.38. The van der Waals surface area contributed by atoms with Gasteiger partial charge in [0.15, 0.2) is 0 Å². The van der Waals surface area contributed by atoms with Gasteiger partial charge in [0.25, 0.3) is 5.69 Å². The summed E-state index contributed by atoms with van der Waals surface area (Å²) in [6, 6.07) is 4.72. The van der Waals surface area contributed by atoms with Gasteiger partial charge >= 0.3 is 0 Å². The summed E-state index contributed by atoms with van der Waals surface area (Å²) in [5.41, 5.74) is 1.08. The van der Waals surface area contributed by atoms with E-state index < -0.39 is 4.92 Å². The fraction of sp³-hybridized carbons (Fsp3) is 0.455. The van der Waals surface area contributed by atoms with Gasteiger partial charge in [-0.3, -0.25) is 10.1 Å². The van der Waals surface area contributed by atoms with Gasteiger partial charge in [0.2, 0.25) is 0 Å². The molecular formula is C11H16N2O3. The van der Waals surface area contributed by atoms with E-state index in [9.17, 15) is 10.1 Å². The summed E-state index contributed by atoms with van der Waals surface area (Å²) < 4.78 is 0. The van der Waals surface area contributed by atoms with Gasteiger partial charge in [0.1, 0.15) is 5.69 Å². The van der Waals surface area contributed by atoms with E-state index in [2.05, 4.69) is 12.2 Å². The summed E-state index contributed by atoms with van der Waals surface area (Å²) in [6.07, 6.45) is 2.01. The zero-order valence-electron chi connectivity index (χ0n) is 9.27. The Bertz CT molecular complexity index is 366. The highest BCUT2D eigenvalue weighted by molar-refractivity contribution is 5.62. The van der Waals surface area contributed by atoms with Crippen LogP contribution in [0.4, 0.5) is 11.4 Å². The highest BCUT2D eigenvalue weighted by Crippen LogP contribution is 2.25. The predicted molar refractivity (Wildman–Crippen MR) is 62.4 cm³/mol. The van der Waals surface area contributed by atoms with Crippen molar-refractivity contribution in [1.29, 1.82) is 0 Å². The van der Waals surface area contributed by atoms with Gasteiger partial charge in [-0.05, 0) is 18.1 Å². The lowest BCUT2D eigenvalue weighted by Crippen LogP contribution is -2.04. The van der Waals surface area contributed by atoms with Crippen LogP contribution in [0.1, 0.15) is 25.3 Å². The Balaban J connectivity index is 2.85. The number of anilines is 1. The molecule has 5 nitrogen and oxygen atoms in total. The molecule has 0 heterocycles. The Hall–Kier alpha value is -1.62. The lowest BCUT2D eigenvalue weighted by molar-refractivity contribution is -0.384. The average molecular weight is 224 g/mol. The first-order chi connectivity index (χ1) is 7.69. The molecule has 1 rings (SSSR count). The van der Waals surface area contributed by atoms with Crippen molar-refractivity contribution in [3.05, 3.63) is 33.9 Å². The molecule has 0 fully saturated rings. The van der Waals surface area contributed by atoms with E-state index in [0.29, 0.717) is 11.3 Å². The van der Waals surface area contributed by atoms with Crippen LogP contribution in [-0.2, 0) is 6.61 Å². The van der Waals surface area contributed by atoms with Gasteiger partial charge in [0.05, 0.1) is 11.5 Å². The molecular weight excluding hydrogens is 208 g/mol. The average Bonchev–Trinajstić information content (AvgIpc) is 2.29. The number of rotatable bonds is 6. The van der Waals surface area contributed by atoms with Crippen molar-refractivity contribution in [1.82, 2.24) is 0 Å². The molecule has 0 atom stereocenters. The molecule has 1 aromatic carbocycles. The molecule has 0 aromatic heterocycles. The maximum atomic E-state index is 10.8. The summed E-state index contributed by atoms with van der Waals surface area (Å²) in [6.45, 7) is 2.59. The number of hydrogen-bond donors (Lipinski definition) is 2. The summed E-state index contributed by atoms with van der Waals surface area (Å²) >= 11 is 0. The lowest BCUT2D eigenvalue weighted by Gasteiger charge is -2.07. The quantitative estimate of drug-likeness (QED) is 0.441. The summed E-state index contributed by atoms with van der Waals surface area (Å²) in [4.78, 5) is 10.4. The number of hydrogen-bond acceptors (Lipinski definition) is 4. The molecule has 0 saturated carbocycles. The third-order valence-electron chi connectivity index (χ3n) is 2.29. The Morgan fingerprint density at radius 1 is 1.50 bits per heavy atom. The molecule has 0 aliphatic heterocycles. The van der Waals surface area contributed by atoms with Crippen molar-refractivity contribution >= 4 is 11.4 Å². The molecule has 0 spiro atoms. The van der Waals surface area contributed by atoms with Crippen molar-refractivity contribution in [2.24, 2.45) is 0 Å². The molecule has 0 saturated heterocycles. The Labute approximate surface area is 94.3 Å². The van der Waals surface area contributed by atoms with Crippen LogP contribution >= 0.6 is 0 Å². The van der Waals surface area contributed by atoms with E-state index in [1.54, 1.807) is 12.1 Å². The largest absolute Gasteiger partial charge is 0.392 e. The molecule has 0 amide bonds. The lowest BCUT2D eigenvalue weighted by atomic mass is 10.2. The molecule has 16 heavy (non-hydrogen) atoms. The number of nitrogens with zero attached hydrogens (tertiary/aromatic N) is 1. The van der Waals surface area contributed by atoms with Crippen LogP contribution in [0, 0.1) is 10.1 Å². The first-order valence-corrected chi connectivity index (χ1v) is 5.31. The number of aliphatic hydroxyl groups is 1. The van der Waals surface area contributed by atoms with Crippen LogP contribution in [0.25, 0.3) is 0 Å². The minimum Gasteiger partial charge on any atom is -0.392 e. The monoisotopic (exact) mass is 224 g/mol. The topological polar surface area (TPSA) is 75.4 Å². The molecule has 2 N–H and O–H groups in total. The van der Waals surface area contributed by atoms with E-state index in [1.165, 1.54) is 6.07 Å². The highest BCUT2D eigenvalue weighted by Gasteiger charge is 2.13. The Morgan fingerprint density at radius 3 is 2.81 bits per heavy atom. The molecule has 5 heteroatoms. The maximum Gasteiger partial charge on any atom is 0.292 e. The van der Waals surface area contributed by atoms with Gasteiger partial charge in [0, 0.05) is 12.6 Å². The molecule has 0 aliphatic rings. The van der Waals surface area contributed by atoms with E-state index in [4.69, 9.17) is 5.11 Å². The number of nitro groups is 1. The first-order valence-electron chi connectivity index (χ1n) is 5.31. The van der Waals surface area contributed by atoms with Crippen LogP contribution in [0.3, 0.4) is 0 Å². The number of aliphatic hydroxyl groups excluding tert-OH is 1. The molecule has 88 valence electrons. The van der Waals surface area contributed by atoms with Gasteiger partial charge in [-0.1, -0.05) is 19.4 Å². The second-order valence-corrected chi connectivity index (χ2v) is 3.55. The SMILES string of the molecule is CCCCNc1ccc(CO)cc1[N+](=O)[O-]. The Kier molecular flexibility index (Phi) is 4.72. The first kappa shape index (κ1) is 12.4. The number of nitrogens with one attached hydrogen (secondary N) is 1. The highest BCUT2D eigenvalue weighted by atomic mass is 16.6. The van der Waals surface area contributed by atoms with Crippen LogP contribution in [0.5, 0.6) is 0 Å². The fourth-order valence-corrected chi connectivity index (χ4v) is 1.38. The normalized spacial score (nSPS) is 10.1. The van der Waals surface area contributed by atoms with Crippen LogP contribution < -0.4 is 5.32 Å². The van der Waals surface area contributed by atoms with Gasteiger partial charge < -0.3 is 10.4 Å². The van der Waals surface area contributed by atoms with E-state index in [1.807, 2.05) is 0 Å². The van der Waals surface area contributed by atoms with Crippen molar-refractivity contribution in [3.63, 3.8) is 0 Å². The van der Waals surface area contributed by atoms with Crippen LogP contribution in [-0.4, -0.2) is 16.6 Å². The predicted octanol–water partition coefficient (Wildman–Crippen LogP) is 2.30. The Morgan fingerprint density at radius 2 is 2.25 bits per heavy atom. The maximum absolute atomic E-state index is 10.8. The molecule has 1 aromatic rings. The van der Waals surface area contributed by atoms with Gasteiger partial charge in [-0.2, -0.15) is 0 Å². The molecule has 0 bridgehead atoms.